The first kappa shape index (κ1) is 26.8. The molecule has 0 saturated carbocycles. The Kier molecular flexibility index (Phi) is 11.8. The van der Waals surface area contributed by atoms with Crippen LogP contribution in [0.25, 0.3) is 0 Å². The van der Waals surface area contributed by atoms with Gasteiger partial charge in [0.1, 0.15) is 12.2 Å². The van der Waals surface area contributed by atoms with Crippen molar-refractivity contribution >= 4 is 35.1 Å². The minimum absolute atomic E-state index is 0.0922. The van der Waals surface area contributed by atoms with E-state index in [2.05, 4.69) is 13.8 Å². The third kappa shape index (κ3) is 8.11. The zero-order valence-electron chi connectivity index (χ0n) is 19.1. The molecule has 6 heteroatoms. The van der Waals surface area contributed by atoms with E-state index in [-0.39, 0.29) is 45.2 Å². The van der Waals surface area contributed by atoms with Crippen LogP contribution in [0.1, 0.15) is 101 Å². The molecular formula is C24H36Cl2O4. The molecule has 1 rings (SSSR count). The van der Waals surface area contributed by atoms with Crippen molar-refractivity contribution in [2.75, 3.05) is 0 Å². The van der Waals surface area contributed by atoms with Crippen molar-refractivity contribution in [2.24, 2.45) is 11.8 Å². The van der Waals surface area contributed by atoms with Crippen molar-refractivity contribution in [3.8, 4) is 0 Å². The molecule has 0 spiro atoms. The van der Waals surface area contributed by atoms with Crippen LogP contribution in [-0.4, -0.2) is 24.1 Å². The standard InChI is InChI=1S/C24H36Cl2O4/c1-7-9-11-21(15(3)4)29-23(27)17-13-19(25)20(26)14-18(17)24(28)30-22(16(5)6)12-10-8-2/h13-16,21-22H,7-12H2,1-6H3. The lowest BCUT2D eigenvalue weighted by molar-refractivity contribution is 0.0107. The van der Waals surface area contributed by atoms with Crippen LogP contribution in [0.15, 0.2) is 12.1 Å². The maximum Gasteiger partial charge on any atom is 0.339 e. The molecule has 0 bridgehead atoms. The molecule has 1 aromatic rings. The molecule has 0 aliphatic heterocycles. The van der Waals surface area contributed by atoms with E-state index in [1.54, 1.807) is 0 Å². The summed E-state index contributed by atoms with van der Waals surface area (Å²) in [5, 5.41) is 0.391. The summed E-state index contributed by atoms with van der Waals surface area (Å²) in [6, 6.07) is 2.80. The number of benzene rings is 1. The second-order valence-corrected chi connectivity index (χ2v) is 9.29. The smallest absolute Gasteiger partial charge is 0.339 e. The van der Waals surface area contributed by atoms with Crippen LogP contribution in [0.5, 0.6) is 0 Å². The number of unbranched alkanes of at least 4 members (excludes halogenated alkanes) is 2. The number of ether oxygens (including phenoxy) is 2. The van der Waals surface area contributed by atoms with Crippen LogP contribution < -0.4 is 0 Å². The number of carbonyl (C=O) groups is 2. The molecule has 2 unspecified atom stereocenters. The summed E-state index contributed by atoms with van der Waals surface area (Å²) in [6.45, 7) is 12.2. The topological polar surface area (TPSA) is 52.6 Å². The Labute approximate surface area is 191 Å². The first-order valence-corrected chi connectivity index (χ1v) is 11.8. The molecule has 0 N–H and O–H groups in total. The van der Waals surface area contributed by atoms with Gasteiger partial charge in [-0.25, -0.2) is 9.59 Å². The monoisotopic (exact) mass is 458 g/mol. The Hall–Kier alpha value is -1.26. The third-order valence-electron chi connectivity index (χ3n) is 5.19. The summed E-state index contributed by atoms with van der Waals surface area (Å²) < 4.78 is 11.5. The highest BCUT2D eigenvalue weighted by Crippen LogP contribution is 2.29. The van der Waals surface area contributed by atoms with Gasteiger partial charge in [-0.15, -0.1) is 0 Å². The average Bonchev–Trinajstić information content (AvgIpc) is 2.69. The first-order valence-electron chi connectivity index (χ1n) is 11.0. The zero-order chi connectivity index (χ0) is 22.8. The van der Waals surface area contributed by atoms with Gasteiger partial charge in [-0.3, -0.25) is 0 Å². The molecule has 0 aliphatic carbocycles. The van der Waals surface area contributed by atoms with Crippen molar-refractivity contribution < 1.29 is 19.1 Å². The van der Waals surface area contributed by atoms with Gasteiger partial charge in [0.2, 0.25) is 0 Å². The van der Waals surface area contributed by atoms with Crippen LogP contribution in [-0.2, 0) is 9.47 Å². The summed E-state index contributed by atoms with van der Waals surface area (Å²) in [6.07, 6.45) is 5.02. The van der Waals surface area contributed by atoms with E-state index in [1.165, 1.54) is 12.1 Å². The van der Waals surface area contributed by atoms with Crippen molar-refractivity contribution in [3.63, 3.8) is 0 Å². The Morgan fingerprint density at radius 3 is 1.37 bits per heavy atom. The fourth-order valence-corrected chi connectivity index (χ4v) is 3.48. The molecule has 0 aromatic heterocycles. The molecule has 0 amide bonds. The number of esters is 2. The SMILES string of the molecule is CCCCC(OC(=O)c1cc(Cl)c(Cl)cc1C(=O)OC(CCCC)C(C)C)C(C)C. The highest BCUT2D eigenvalue weighted by atomic mass is 35.5. The second-order valence-electron chi connectivity index (χ2n) is 8.47. The van der Waals surface area contributed by atoms with Crippen molar-refractivity contribution in [1.29, 1.82) is 0 Å². The molecule has 4 nitrogen and oxygen atoms in total. The van der Waals surface area contributed by atoms with Gasteiger partial charge in [0.05, 0.1) is 21.2 Å². The van der Waals surface area contributed by atoms with Crippen molar-refractivity contribution in [1.82, 2.24) is 0 Å². The average molecular weight is 459 g/mol. The van der Waals surface area contributed by atoms with E-state index in [0.29, 0.717) is 0 Å². The zero-order valence-corrected chi connectivity index (χ0v) is 20.6. The summed E-state index contributed by atoms with van der Waals surface area (Å²) in [5.74, 6) is -0.828. The lowest BCUT2D eigenvalue weighted by Gasteiger charge is -2.23. The number of carbonyl (C=O) groups excluding carboxylic acids is 2. The molecule has 2 atom stereocenters. The third-order valence-corrected chi connectivity index (χ3v) is 5.91. The Balaban J connectivity index is 3.16. The highest BCUT2D eigenvalue weighted by Gasteiger charge is 2.27. The molecule has 30 heavy (non-hydrogen) atoms. The van der Waals surface area contributed by atoms with Crippen LogP contribution in [0, 0.1) is 11.8 Å². The van der Waals surface area contributed by atoms with Crippen LogP contribution >= 0.6 is 23.2 Å². The summed E-state index contributed by atoms with van der Waals surface area (Å²) >= 11 is 12.3. The molecule has 0 fully saturated rings. The lowest BCUT2D eigenvalue weighted by atomic mass is 10.0. The largest absolute Gasteiger partial charge is 0.458 e. The normalized spacial score (nSPS) is 13.4. The second kappa shape index (κ2) is 13.2. The van der Waals surface area contributed by atoms with E-state index in [9.17, 15) is 9.59 Å². The predicted molar refractivity (Wildman–Crippen MR) is 124 cm³/mol. The van der Waals surface area contributed by atoms with Gasteiger partial charge < -0.3 is 9.47 Å². The summed E-state index contributed by atoms with van der Waals surface area (Å²) in [5.41, 5.74) is 0.184. The molecule has 1 aromatic carbocycles. The van der Waals surface area contributed by atoms with Crippen LogP contribution in [0.4, 0.5) is 0 Å². The number of halogens is 2. The fraction of sp³-hybridized carbons (Fsp3) is 0.667. The van der Waals surface area contributed by atoms with Crippen molar-refractivity contribution in [3.05, 3.63) is 33.3 Å². The summed E-state index contributed by atoms with van der Waals surface area (Å²) in [4.78, 5) is 25.9. The van der Waals surface area contributed by atoms with E-state index in [4.69, 9.17) is 32.7 Å². The Morgan fingerprint density at radius 2 is 1.10 bits per heavy atom. The minimum atomic E-state index is -0.579. The van der Waals surface area contributed by atoms with Gasteiger partial charge in [0.25, 0.3) is 0 Å². The fourth-order valence-electron chi connectivity index (χ4n) is 3.15. The van der Waals surface area contributed by atoms with Crippen LogP contribution in [0.3, 0.4) is 0 Å². The van der Waals surface area contributed by atoms with E-state index in [1.807, 2.05) is 27.7 Å². The van der Waals surface area contributed by atoms with Gasteiger partial charge in [-0.05, 0) is 36.8 Å². The molecule has 0 heterocycles. The maximum absolute atomic E-state index is 13.0. The highest BCUT2D eigenvalue weighted by molar-refractivity contribution is 6.42. The maximum atomic E-state index is 13.0. The lowest BCUT2D eigenvalue weighted by Crippen LogP contribution is -2.27. The van der Waals surface area contributed by atoms with E-state index >= 15 is 0 Å². The predicted octanol–water partition coefficient (Wildman–Crippen LogP) is 7.74. The van der Waals surface area contributed by atoms with Gasteiger partial charge in [0.15, 0.2) is 0 Å². The molecule has 170 valence electrons. The molecule has 0 saturated heterocycles. The van der Waals surface area contributed by atoms with Gasteiger partial charge in [-0.1, -0.05) is 90.4 Å². The number of hydrogen-bond acceptors (Lipinski definition) is 4. The number of hydrogen-bond donors (Lipinski definition) is 0. The molecule has 0 aliphatic rings. The van der Waals surface area contributed by atoms with Crippen molar-refractivity contribution in [2.45, 2.75) is 92.3 Å². The minimum Gasteiger partial charge on any atom is -0.458 e. The van der Waals surface area contributed by atoms with Gasteiger partial charge >= 0.3 is 11.9 Å². The molecular weight excluding hydrogens is 423 g/mol. The summed E-state index contributed by atoms with van der Waals surface area (Å²) in [7, 11) is 0. The number of rotatable bonds is 12. The van der Waals surface area contributed by atoms with Gasteiger partial charge in [0, 0.05) is 0 Å². The van der Waals surface area contributed by atoms with E-state index < -0.39 is 11.9 Å². The quantitative estimate of drug-likeness (QED) is 0.300. The molecule has 0 radical (unpaired) electrons. The van der Waals surface area contributed by atoms with E-state index in [0.717, 1.165) is 38.5 Å². The van der Waals surface area contributed by atoms with Gasteiger partial charge in [-0.2, -0.15) is 0 Å². The first-order chi connectivity index (χ1) is 14.1. The Bertz CT molecular complexity index is 642. The Morgan fingerprint density at radius 1 is 0.767 bits per heavy atom. The van der Waals surface area contributed by atoms with Crippen LogP contribution in [0.2, 0.25) is 10.0 Å².